The Hall–Kier alpha value is -2.95. The highest BCUT2D eigenvalue weighted by Gasteiger charge is 2.42. The summed E-state index contributed by atoms with van der Waals surface area (Å²) in [7, 11) is 0. The number of amides is 1. The van der Waals surface area contributed by atoms with Crippen LogP contribution in [-0.2, 0) is 16.8 Å². The van der Waals surface area contributed by atoms with Gasteiger partial charge < -0.3 is 5.32 Å². The number of aromatic amines is 1. The van der Waals surface area contributed by atoms with Crippen molar-refractivity contribution in [3.63, 3.8) is 0 Å². The molecular weight excluding hydrogens is 341 g/mol. The maximum Gasteiger partial charge on any atom is 0.230 e. The van der Waals surface area contributed by atoms with Crippen LogP contribution in [0, 0.1) is 5.82 Å². The van der Waals surface area contributed by atoms with Crippen molar-refractivity contribution in [2.24, 2.45) is 0 Å². The first-order chi connectivity index (χ1) is 13.2. The summed E-state index contributed by atoms with van der Waals surface area (Å²) in [5.74, 6) is -0.302. The molecule has 0 spiro atoms. The predicted octanol–water partition coefficient (Wildman–Crippen LogP) is 4.34. The van der Waals surface area contributed by atoms with E-state index in [4.69, 9.17) is 0 Å². The highest BCUT2D eigenvalue weighted by atomic mass is 19.1. The van der Waals surface area contributed by atoms with Crippen LogP contribution in [0.15, 0.2) is 60.8 Å². The van der Waals surface area contributed by atoms with Gasteiger partial charge in [-0.25, -0.2) is 4.39 Å². The van der Waals surface area contributed by atoms with E-state index in [1.807, 2.05) is 36.4 Å². The molecule has 0 saturated heterocycles. The molecule has 1 aromatic heterocycles. The Morgan fingerprint density at radius 3 is 2.56 bits per heavy atom. The standard InChI is InChI=1S/C22H22FN3O/c23-19-5-3-4-18(14-19)22(11-1-2-12-22)21(27)24-15-16-6-8-17(9-7-16)20-10-13-25-26-20/h3-10,13-14H,1-2,11-12,15H2,(H,24,27)(H,25,26). The van der Waals surface area contributed by atoms with E-state index in [1.54, 1.807) is 12.3 Å². The number of aromatic nitrogens is 2. The maximum absolute atomic E-state index is 13.7. The lowest BCUT2D eigenvalue weighted by atomic mass is 9.78. The second-order valence-corrected chi connectivity index (χ2v) is 7.15. The summed E-state index contributed by atoms with van der Waals surface area (Å²) in [6.07, 6.45) is 5.23. The summed E-state index contributed by atoms with van der Waals surface area (Å²) in [5, 5.41) is 9.97. The predicted molar refractivity (Wildman–Crippen MR) is 102 cm³/mol. The van der Waals surface area contributed by atoms with Gasteiger partial charge in [-0.15, -0.1) is 0 Å². The molecule has 1 aliphatic rings. The lowest BCUT2D eigenvalue weighted by Crippen LogP contribution is -2.42. The number of rotatable bonds is 5. The number of nitrogens with zero attached hydrogens (tertiary/aromatic N) is 1. The van der Waals surface area contributed by atoms with E-state index in [1.165, 1.54) is 12.1 Å². The van der Waals surface area contributed by atoms with E-state index in [9.17, 15) is 9.18 Å². The lowest BCUT2D eigenvalue weighted by Gasteiger charge is -2.28. The minimum absolute atomic E-state index is 0.0109. The van der Waals surface area contributed by atoms with Crippen molar-refractivity contribution < 1.29 is 9.18 Å². The third kappa shape index (κ3) is 3.50. The number of benzene rings is 2. The zero-order valence-corrected chi connectivity index (χ0v) is 15.0. The topological polar surface area (TPSA) is 57.8 Å². The molecule has 0 radical (unpaired) electrons. The van der Waals surface area contributed by atoms with Crippen LogP contribution in [0.5, 0.6) is 0 Å². The summed E-state index contributed by atoms with van der Waals surface area (Å²) < 4.78 is 13.7. The molecule has 3 aromatic rings. The second kappa shape index (κ2) is 7.35. The fraction of sp³-hybridized carbons (Fsp3) is 0.273. The van der Waals surface area contributed by atoms with Gasteiger partial charge in [0.25, 0.3) is 0 Å². The van der Waals surface area contributed by atoms with Crippen LogP contribution in [0.2, 0.25) is 0 Å². The Morgan fingerprint density at radius 2 is 1.89 bits per heavy atom. The minimum Gasteiger partial charge on any atom is -0.351 e. The number of halogens is 1. The molecular formula is C22H22FN3O. The van der Waals surface area contributed by atoms with E-state index in [-0.39, 0.29) is 11.7 Å². The number of hydrogen-bond acceptors (Lipinski definition) is 2. The van der Waals surface area contributed by atoms with Crippen molar-refractivity contribution in [1.82, 2.24) is 15.5 Å². The molecule has 4 nitrogen and oxygen atoms in total. The van der Waals surface area contributed by atoms with Crippen LogP contribution in [0.25, 0.3) is 11.3 Å². The first kappa shape index (κ1) is 17.5. The fourth-order valence-electron chi connectivity index (χ4n) is 3.98. The molecule has 1 heterocycles. The first-order valence-corrected chi connectivity index (χ1v) is 9.30. The molecule has 2 aromatic carbocycles. The normalized spacial score (nSPS) is 15.6. The average molecular weight is 363 g/mol. The van der Waals surface area contributed by atoms with E-state index >= 15 is 0 Å². The van der Waals surface area contributed by atoms with Crippen LogP contribution in [0.4, 0.5) is 4.39 Å². The second-order valence-electron chi connectivity index (χ2n) is 7.15. The van der Waals surface area contributed by atoms with Crippen molar-refractivity contribution in [3.05, 3.63) is 77.7 Å². The van der Waals surface area contributed by atoms with Crippen LogP contribution < -0.4 is 5.32 Å². The van der Waals surface area contributed by atoms with Crippen molar-refractivity contribution in [2.75, 3.05) is 0 Å². The van der Waals surface area contributed by atoms with Crippen molar-refractivity contribution >= 4 is 5.91 Å². The number of carbonyl (C=O) groups is 1. The lowest BCUT2D eigenvalue weighted by molar-refractivity contribution is -0.126. The maximum atomic E-state index is 13.7. The Morgan fingerprint density at radius 1 is 1.11 bits per heavy atom. The summed E-state index contributed by atoms with van der Waals surface area (Å²) in [6.45, 7) is 0.457. The summed E-state index contributed by atoms with van der Waals surface area (Å²) in [4.78, 5) is 13.1. The summed E-state index contributed by atoms with van der Waals surface area (Å²) in [5.41, 5.74) is 3.21. The molecule has 5 heteroatoms. The van der Waals surface area contributed by atoms with Gasteiger partial charge in [0.1, 0.15) is 5.82 Å². The van der Waals surface area contributed by atoms with Gasteiger partial charge in [-0.1, -0.05) is 49.2 Å². The van der Waals surface area contributed by atoms with E-state index < -0.39 is 5.41 Å². The Balaban J connectivity index is 1.47. The molecule has 2 N–H and O–H groups in total. The smallest absolute Gasteiger partial charge is 0.230 e. The minimum atomic E-state index is -0.613. The monoisotopic (exact) mass is 363 g/mol. The SMILES string of the molecule is O=C(NCc1ccc(-c2ccn[nH]2)cc1)C1(c2cccc(F)c2)CCCC1. The molecule has 0 unspecified atom stereocenters. The average Bonchev–Trinajstić information content (AvgIpc) is 3.39. The van der Waals surface area contributed by atoms with Crippen molar-refractivity contribution in [3.8, 4) is 11.3 Å². The van der Waals surface area contributed by atoms with Crippen LogP contribution in [-0.4, -0.2) is 16.1 Å². The van der Waals surface area contributed by atoms with Gasteiger partial charge in [-0.3, -0.25) is 9.89 Å². The van der Waals surface area contributed by atoms with Crippen molar-refractivity contribution in [2.45, 2.75) is 37.6 Å². The molecule has 0 aliphatic heterocycles. The molecule has 1 aliphatic carbocycles. The first-order valence-electron chi connectivity index (χ1n) is 9.30. The third-order valence-corrected chi connectivity index (χ3v) is 5.49. The zero-order valence-electron chi connectivity index (χ0n) is 15.0. The molecule has 138 valence electrons. The number of nitrogens with one attached hydrogen (secondary N) is 2. The van der Waals surface area contributed by atoms with Gasteiger partial charge in [-0.05, 0) is 47.7 Å². The largest absolute Gasteiger partial charge is 0.351 e. The Labute approximate surface area is 157 Å². The molecule has 4 rings (SSSR count). The molecule has 0 bridgehead atoms. The van der Waals surface area contributed by atoms with Gasteiger partial charge in [-0.2, -0.15) is 5.10 Å². The number of hydrogen-bond donors (Lipinski definition) is 2. The van der Waals surface area contributed by atoms with Gasteiger partial charge in [0.15, 0.2) is 0 Å². The summed E-state index contributed by atoms with van der Waals surface area (Å²) in [6, 6.07) is 16.4. The zero-order chi connectivity index (χ0) is 18.7. The van der Waals surface area contributed by atoms with Crippen molar-refractivity contribution in [1.29, 1.82) is 0 Å². The van der Waals surface area contributed by atoms with Crippen LogP contribution in [0.3, 0.4) is 0 Å². The van der Waals surface area contributed by atoms with Gasteiger partial charge in [0.2, 0.25) is 5.91 Å². The Bertz CT molecular complexity index is 913. The molecule has 1 fully saturated rings. The van der Waals surface area contributed by atoms with Crippen LogP contribution in [0.1, 0.15) is 36.8 Å². The number of H-pyrrole nitrogens is 1. The molecule has 27 heavy (non-hydrogen) atoms. The Kier molecular flexibility index (Phi) is 4.75. The van der Waals surface area contributed by atoms with E-state index in [0.29, 0.717) is 6.54 Å². The van der Waals surface area contributed by atoms with Gasteiger partial charge >= 0.3 is 0 Å². The molecule has 0 atom stereocenters. The molecule has 1 saturated carbocycles. The summed E-state index contributed by atoms with van der Waals surface area (Å²) >= 11 is 0. The van der Waals surface area contributed by atoms with E-state index in [0.717, 1.165) is 48.1 Å². The van der Waals surface area contributed by atoms with Crippen LogP contribution >= 0.6 is 0 Å². The highest BCUT2D eigenvalue weighted by molar-refractivity contribution is 5.88. The van der Waals surface area contributed by atoms with E-state index in [2.05, 4.69) is 15.5 Å². The highest BCUT2D eigenvalue weighted by Crippen LogP contribution is 2.41. The van der Waals surface area contributed by atoms with Gasteiger partial charge in [0, 0.05) is 12.7 Å². The quantitative estimate of drug-likeness (QED) is 0.708. The third-order valence-electron chi connectivity index (χ3n) is 5.49. The number of carbonyl (C=O) groups excluding carboxylic acids is 1. The van der Waals surface area contributed by atoms with Gasteiger partial charge in [0.05, 0.1) is 11.1 Å². The fourth-order valence-corrected chi connectivity index (χ4v) is 3.98. The molecule has 1 amide bonds.